The van der Waals surface area contributed by atoms with Crippen LogP contribution in [-0.2, 0) is 4.74 Å². The maximum atomic E-state index is 15.2. The Labute approximate surface area is 181 Å². The second-order valence-corrected chi connectivity index (χ2v) is 9.80. The van der Waals surface area contributed by atoms with Gasteiger partial charge in [0.2, 0.25) is 0 Å². The number of piperidine rings is 1. The van der Waals surface area contributed by atoms with Gasteiger partial charge >= 0.3 is 0 Å². The summed E-state index contributed by atoms with van der Waals surface area (Å²) in [7, 11) is 0. The number of ether oxygens (including phenoxy) is 1. The monoisotopic (exact) mass is 446 g/mol. The Bertz CT molecular complexity index is 718. The lowest BCUT2D eigenvalue weighted by Crippen LogP contribution is -2.50. The first-order chi connectivity index (χ1) is 13.5. The number of carbonyl (C=O) groups is 1. The van der Waals surface area contributed by atoms with Gasteiger partial charge in [-0.05, 0) is 57.2 Å². The highest BCUT2D eigenvalue weighted by Crippen LogP contribution is 2.33. The van der Waals surface area contributed by atoms with E-state index in [1.54, 1.807) is 6.07 Å². The fraction of sp³-hybridized carbons (Fsp3) is 0.667. The number of nitrogens with one attached hydrogen (secondary N) is 1. The van der Waals surface area contributed by atoms with E-state index in [4.69, 9.17) is 27.9 Å². The van der Waals surface area contributed by atoms with Crippen molar-refractivity contribution < 1.29 is 19.0 Å². The quantitative estimate of drug-likeness (QED) is 0.715. The van der Waals surface area contributed by atoms with Crippen LogP contribution in [0.1, 0.15) is 49.9 Å². The third-order valence-corrected chi connectivity index (χ3v) is 6.17. The number of hydrogen-bond donors (Lipinski definition) is 2. The first-order valence-electron chi connectivity index (χ1n) is 10.1. The fourth-order valence-electron chi connectivity index (χ4n) is 4.37. The lowest BCUT2D eigenvalue weighted by atomic mass is 9.86. The lowest BCUT2D eigenvalue weighted by Gasteiger charge is -2.42. The fourth-order valence-corrected chi connectivity index (χ4v) is 4.90. The molecule has 2 unspecified atom stereocenters. The molecule has 1 aromatic carbocycles. The van der Waals surface area contributed by atoms with E-state index in [-0.39, 0.29) is 18.1 Å². The van der Waals surface area contributed by atoms with Crippen LogP contribution in [0.25, 0.3) is 0 Å². The Kier molecular flexibility index (Phi) is 7.11. The molecule has 2 aliphatic rings. The van der Waals surface area contributed by atoms with Crippen LogP contribution in [0.5, 0.6) is 0 Å². The first-order valence-corrected chi connectivity index (χ1v) is 10.8. The van der Waals surface area contributed by atoms with Gasteiger partial charge in [-0.15, -0.1) is 0 Å². The topological polar surface area (TPSA) is 61.8 Å². The zero-order valence-electron chi connectivity index (χ0n) is 16.9. The minimum atomic E-state index is -1.43. The molecule has 2 fully saturated rings. The molecule has 2 heterocycles. The Morgan fingerprint density at radius 1 is 1.28 bits per heavy atom. The molecule has 2 atom stereocenters. The average Bonchev–Trinajstić information content (AvgIpc) is 2.59. The Balaban J connectivity index is 1.47. The molecule has 0 saturated carbocycles. The van der Waals surface area contributed by atoms with Gasteiger partial charge in [0.15, 0.2) is 6.29 Å². The van der Waals surface area contributed by atoms with Crippen molar-refractivity contribution in [2.75, 3.05) is 26.2 Å². The largest absolute Gasteiger partial charge is 0.368 e. The molecule has 29 heavy (non-hydrogen) atoms. The number of likely N-dealkylation sites (tertiary alicyclic amines) is 1. The maximum Gasteiger partial charge on any atom is 0.251 e. The zero-order valence-corrected chi connectivity index (χ0v) is 18.4. The summed E-state index contributed by atoms with van der Waals surface area (Å²) in [5.41, 5.74) is -1.44. The van der Waals surface area contributed by atoms with E-state index in [1.807, 2.05) is 13.8 Å². The molecule has 162 valence electrons. The number of carbonyl (C=O) groups excluding carboxylic acids is 1. The molecule has 1 aromatic rings. The molecule has 8 heteroatoms. The van der Waals surface area contributed by atoms with Gasteiger partial charge in [-0.3, -0.25) is 4.79 Å². The van der Waals surface area contributed by atoms with E-state index in [0.29, 0.717) is 53.9 Å². The van der Waals surface area contributed by atoms with E-state index >= 15 is 4.39 Å². The molecular formula is C21H29Cl2FN2O3. The maximum absolute atomic E-state index is 15.2. The molecule has 2 aliphatic heterocycles. The van der Waals surface area contributed by atoms with Crippen LogP contribution in [-0.4, -0.2) is 59.7 Å². The first kappa shape index (κ1) is 22.8. The van der Waals surface area contributed by atoms with Crippen molar-refractivity contribution in [3.63, 3.8) is 0 Å². The molecule has 1 amide bonds. The van der Waals surface area contributed by atoms with Crippen LogP contribution in [0.3, 0.4) is 0 Å². The van der Waals surface area contributed by atoms with Crippen LogP contribution in [0, 0.1) is 5.92 Å². The van der Waals surface area contributed by atoms with E-state index in [0.717, 1.165) is 13.0 Å². The standard InChI is InChI=1S/C21H29Cl2FN2O3/c1-20(2)11-14(7-18(27)29-20)12-26-5-3-21(24,4-6-26)13-25-19(28)15-8-16(22)10-17(23)9-15/h8-10,14,18,27H,3-7,11-13H2,1-2H3,(H,25,28). The molecule has 2 N–H and O–H groups in total. The van der Waals surface area contributed by atoms with Gasteiger partial charge in [0.25, 0.3) is 5.91 Å². The summed E-state index contributed by atoms with van der Waals surface area (Å²) in [6.07, 6.45) is 1.47. The Hall–Kier alpha value is -0.920. The Morgan fingerprint density at radius 3 is 2.48 bits per heavy atom. The number of alkyl halides is 1. The van der Waals surface area contributed by atoms with Gasteiger partial charge in [-0.2, -0.15) is 0 Å². The molecule has 0 spiro atoms. The van der Waals surface area contributed by atoms with E-state index < -0.39 is 12.0 Å². The number of rotatable bonds is 5. The summed E-state index contributed by atoms with van der Waals surface area (Å²) >= 11 is 11.9. The van der Waals surface area contributed by atoms with Crippen molar-refractivity contribution in [1.29, 1.82) is 0 Å². The number of nitrogens with zero attached hydrogens (tertiary/aromatic N) is 1. The number of halogens is 3. The van der Waals surface area contributed by atoms with Crippen molar-refractivity contribution in [2.24, 2.45) is 5.92 Å². The van der Waals surface area contributed by atoms with Gasteiger partial charge in [0, 0.05) is 41.7 Å². The minimum absolute atomic E-state index is 0.0349. The van der Waals surface area contributed by atoms with Crippen LogP contribution in [0.2, 0.25) is 10.0 Å². The number of amides is 1. The summed E-state index contributed by atoms with van der Waals surface area (Å²) in [6, 6.07) is 4.57. The number of benzene rings is 1. The third kappa shape index (κ3) is 6.53. The predicted molar refractivity (Wildman–Crippen MR) is 112 cm³/mol. The van der Waals surface area contributed by atoms with Crippen molar-refractivity contribution in [2.45, 2.75) is 57.1 Å². The molecule has 5 nitrogen and oxygen atoms in total. The molecular weight excluding hydrogens is 418 g/mol. The third-order valence-electron chi connectivity index (χ3n) is 5.73. The van der Waals surface area contributed by atoms with Crippen molar-refractivity contribution in [1.82, 2.24) is 10.2 Å². The molecule has 0 bridgehead atoms. The SMILES string of the molecule is CC1(C)CC(CN2CCC(F)(CNC(=O)c3cc(Cl)cc(Cl)c3)CC2)CC(O)O1. The molecule has 0 radical (unpaired) electrons. The summed E-state index contributed by atoms with van der Waals surface area (Å²) in [4.78, 5) is 14.6. The Morgan fingerprint density at radius 2 is 1.90 bits per heavy atom. The van der Waals surface area contributed by atoms with Gasteiger partial charge < -0.3 is 20.1 Å². The number of hydrogen-bond acceptors (Lipinski definition) is 4. The van der Waals surface area contributed by atoms with E-state index in [2.05, 4.69) is 10.2 Å². The number of aliphatic hydroxyl groups is 1. The molecule has 2 saturated heterocycles. The summed E-state index contributed by atoms with van der Waals surface area (Å²) in [6.45, 7) is 6.02. The zero-order chi connectivity index (χ0) is 21.2. The van der Waals surface area contributed by atoms with Crippen molar-refractivity contribution in [3.05, 3.63) is 33.8 Å². The van der Waals surface area contributed by atoms with Crippen LogP contribution < -0.4 is 5.32 Å². The summed E-state index contributed by atoms with van der Waals surface area (Å²) < 4.78 is 20.7. The van der Waals surface area contributed by atoms with Gasteiger partial charge in [0.05, 0.1) is 12.1 Å². The highest BCUT2D eigenvalue weighted by Gasteiger charge is 2.38. The average molecular weight is 447 g/mol. The van der Waals surface area contributed by atoms with Crippen LogP contribution in [0.4, 0.5) is 4.39 Å². The van der Waals surface area contributed by atoms with E-state index in [9.17, 15) is 9.90 Å². The second-order valence-electron chi connectivity index (χ2n) is 8.93. The minimum Gasteiger partial charge on any atom is -0.368 e. The van der Waals surface area contributed by atoms with Gasteiger partial charge in [-0.1, -0.05) is 23.2 Å². The smallest absolute Gasteiger partial charge is 0.251 e. The predicted octanol–water partition coefficient (Wildman–Crippen LogP) is 4.05. The highest BCUT2D eigenvalue weighted by atomic mass is 35.5. The molecule has 3 rings (SSSR count). The number of aliphatic hydroxyl groups excluding tert-OH is 1. The normalized spacial score (nSPS) is 26.8. The van der Waals surface area contributed by atoms with Crippen LogP contribution in [0.15, 0.2) is 18.2 Å². The lowest BCUT2D eigenvalue weighted by molar-refractivity contribution is -0.215. The van der Waals surface area contributed by atoms with Crippen molar-refractivity contribution >= 4 is 29.1 Å². The summed E-state index contributed by atoms with van der Waals surface area (Å²) in [5.74, 6) is -0.0552. The van der Waals surface area contributed by atoms with Crippen LogP contribution >= 0.6 is 23.2 Å². The molecule has 0 aliphatic carbocycles. The van der Waals surface area contributed by atoms with Gasteiger partial charge in [-0.25, -0.2) is 4.39 Å². The van der Waals surface area contributed by atoms with E-state index in [1.165, 1.54) is 12.1 Å². The van der Waals surface area contributed by atoms with Gasteiger partial charge in [0.1, 0.15) is 5.67 Å². The second kappa shape index (κ2) is 9.06. The molecule has 0 aromatic heterocycles. The van der Waals surface area contributed by atoms with Crippen molar-refractivity contribution in [3.8, 4) is 0 Å². The highest BCUT2D eigenvalue weighted by molar-refractivity contribution is 6.35. The summed E-state index contributed by atoms with van der Waals surface area (Å²) in [5, 5.41) is 13.3.